The monoisotopic (exact) mass is 387 g/mol. The normalized spacial score (nSPS) is 18.2. The molecule has 1 aliphatic rings. The molecule has 2 aromatic rings. The lowest BCUT2D eigenvalue weighted by Gasteiger charge is -2.37. The van der Waals surface area contributed by atoms with Crippen LogP contribution in [0.2, 0.25) is 0 Å². The molecule has 1 heterocycles. The van der Waals surface area contributed by atoms with Crippen molar-refractivity contribution in [2.24, 2.45) is 5.92 Å². The summed E-state index contributed by atoms with van der Waals surface area (Å²) in [5, 5.41) is 0. The minimum atomic E-state index is -1.19. The predicted octanol–water partition coefficient (Wildman–Crippen LogP) is 4.68. The number of hydrogen-bond donors (Lipinski definition) is 0. The number of benzene rings is 2. The zero-order valence-electron chi connectivity index (χ0n) is 16.8. The Morgan fingerprint density at radius 3 is 2.33 bits per heavy atom. The fraction of sp³-hybridized carbons (Fsp3) is 0.455. The maximum Gasteiger partial charge on any atom is 0.161 e. The first-order chi connectivity index (χ1) is 12.9. The molecule has 0 fully saturated rings. The number of fused-ring (bicyclic) bond motifs is 1. The molecule has 27 heavy (non-hydrogen) atoms. The van der Waals surface area contributed by atoms with Gasteiger partial charge in [-0.25, -0.2) is 8.51 Å². The molecule has 0 saturated heterocycles. The molecule has 1 aliphatic heterocycles. The minimum absolute atomic E-state index is 0.0932. The van der Waals surface area contributed by atoms with Crippen LogP contribution in [0.25, 0.3) is 0 Å². The van der Waals surface area contributed by atoms with Crippen LogP contribution in [0.15, 0.2) is 41.3 Å². The van der Waals surface area contributed by atoms with Crippen LogP contribution in [0.5, 0.6) is 11.5 Å². The van der Waals surface area contributed by atoms with Crippen molar-refractivity contribution in [3.05, 3.63) is 53.1 Å². The second kappa shape index (κ2) is 8.44. The van der Waals surface area contributed by atoms with Crippen LogP contribution in [-0.4, -0.2) is 29.3 Å². The Kier molecular flexibility index (Phi) is 6.22. The van der Waals surface area contributed by atoms with E-state index in [1.54, 1.807) is 14.2 Å². The number of ether oxygens (including phenoxy) is 2. The van der Waals surface area contributed by atoms with E-state index < -0.39 is 11.0 Å². The zero-order valence-corrected chi connectivity index (χ0v) is 17.6. The molecule has 3 rings (SSSR count). The smallest absolute Gasteiger partial charge is 0.161 e. The van der Waals surface area contributed by atoms with Gasteiger partial charge in [0, 0.05) is 12.6 Å². The number of rotatable bonds is 6. The first-order valence-corrected chi connectivity index (χ1v) is 10.5. The number of hydrogen-bond acceptors (Lipinski definition) is 3. The molecule has 0 aromatic heterocycles. The Balaban J connectivity index is 2.01. The second-order valence-electron chi connectivity index (χ2n) is 7.50. The van der Waals surface area contributed by atoms with Crippen molar-refractivity contribution >= 4 is 11.0 Å². The highest BCUT2D eigenvalue weighted by atomic mass is 32.2. The van der Waals surface area contributed by atoms with Crippen LogP contribution < -0.4 is 9.47 Å². The van der Waals surface area contributed by atoms with Crippen molar-refractivity contribution in [3.63, 3.8) is 0 Å². The molecule has 0 N–H and O–H groups in total. The summed E-state index contributed by atoms with van der Waals surface area (Å²) in [6.45, 7) is 7.23. The molecule has 0 amide bonds. The first kappa shape index (κ1) is 19.9. The molecule has 2 aromatic carbocycles. The lowest BCUT2D eigenvalue weighted by Crippen LogP contribution is -2.37. The van der Waals surface area contributed by atoms with Gasteiger partial charge in [-0.3, -0.25) is 0 Å². The summed E-state index contributed by atoms with van der Waals surface area (Å²) in [4.78, 5) is 0.860. The molecule has 0 radical (unpaired) electrons. The average molecular weight is 388 g/mol. The van der Waals surface area contributed by atoms with E-state index in [4.69, 9.17) is 9.47 Å². The van der Waals surface area contributed by atoms with Crippen molar-refractivity contribution < 1.29 is 13.7 Å². The summed E-state index contributed by atoms with van der Waals surface area (Å²) >= 11 is 0. The second-order valence-corrected chi connectivity index (χ2v) is 8.94. The molecule has 146 valence electrons. The summed E-state index contributed by atoms with van der Waals surface area (Å²) in [6, 6.07) is 12.2. The SMILES string of the molecule is COc1cc2c(cc1OC)[C@H](CC(C)C)N([S@](=O)c1ccc(C)cc1)CC2. The highest BCUT2D eigenvalue weighted by molar-refractivity contribution is 7.82. The van der Waals surface area contributed by atoms with E-state index in [0.29, 0.717) is 5.92 Å². The summed E-state index contributed by atoms with van der Waals surface area (Å²) in [5.41, 5.74) is 3.64. The first-order valence-electron chi connectivity index (χ1n) is 9.44. The summed E-state index contributed by atoms with van der Waals surface area (Å²) in [6.07, 6.45) is 1.79. The van der Waals surface area contributed by atoms with E-state index in [1.807, 2.05) is 31.2 Å². The van der Waals surface area contributed by atoms with Crippen LogP contribution in [0.3, 0.4) is 0 Å². The average Bonchev–Trinajstić information content (AvgIpc) is 2.66. The Hall–Kier alpha value is -1.85. The van der Waals surface area contributed by atoms with Gasteiger partial charge < -0.3 is 9.47 Å². The lowest BCUT2D eigenvalue weighted by atomic mass is 9.89. The lowest BCUT2D eigenvalue weighted by molar-refractivity contribution is 0.279. The van der Waals surface area contributed by atoms with Gasteiger partial charge in [-0.05, 0) is 61.1 Å². The van der Waals surface area contributed by atoms with E-state index >= 15 is 0 Å². The van der Waals surface area contributed by atoms with Gasteiger partial charge in [0.05, 0.1) is 19.1 Å². The van der Waals surface area contributed by atoms with E-state index in [2.05, 4.69) is 30.3 Å². The van der Waals surface area contributed by atoms with Crippen molar-refractivity contribution in [3.8, 4) is 11.5 Å². The van der Waals surface area contributed by atoms with E-state index in [9.17, 15) is 4.21 Å². The third-order valence-corrected chi connectivity index (χ3v) is 6.62. The van der Waals surface area contributed by atoms with E-state index in [1.165, 1.54) is 16.7 Å². The predicted molar refractivity (Wildman–Crippen MR) is 110 cm³/mol. The van der Waals surface area contributed by atoms with Crippen molar-refractivity contribution in [2.75, 3.05) is 20.8 Å². The highest BCUT2D eigenvalue weighted by Gasteiger charge is 2.33. The Morgan fingerprint density at radius 1 is 1.11 bits per heavy atom. The Morgan fingerprint density at radius 2 is 1.74 bits per heavy atom. The Labute approximate surface area is 165 Å². The Bertz CT molecular complexity index is 817. The van der Waals surface area contributed by atoms with Crippen molar-refractivity contribution in [1.82, 2.24) is 4.31 Å². The molecule has 0 saturated carbocycles. The van der Waals surface area contributed by atoms with Gasteiger partial charge in [-0.1, -0.05) is 31.5 Å². The molecule has 4 nitrogen and oxygen atoms in total. The quantitative estimate of drug-likeness (QED) is 0.722. The molecule has 5 heteroatoms. The van der Waals surface area contributed by atoms with Crippen LogP contribution in [-0.2, 0) is 17.4 Å². The summed E-state index contributed by atoms with van der Waals surface area (Å²) < 4.78 is 26.5. The van der Waals surface area contributed by atoms with Crippen LogP contribution in [0, 0.1) is 12.8 Å². The van der Waals surface area contributed by atoms with Gasteiger partial charge in [0.25, 0.3) is 0 Å². The summed E-state index contributed by atoms with van der Waals surface area (Å²) in [7, 11) is 2.14. The third kappa shape index (κ3) is 4.19. The van der Waals surface area contributed by atoms with Gasteiger partial charge in [0.1, 0.15) is 11.0 Å². The third-order valence-electron chi connectivity index (χ3n) is 5.08. The largest absolute Gasteiger partial charge is 0.493 e. The molecule has 0 aliphatic carbocycles. The van der Waals surface area contributed by atoms with Gasteiger partial charge >= 0.3 is 0 Å². The molecule has 0 spiro atoms. The molecular formula is C22H29NO3S. The van der Waals surface area contributed by atoms with Crippen LogP contribution >= 0.6 is 0 Å². The van der Waals surface area contributed by atoms with Crippen LogP contribution in [0.4, 0.5) is 0 Å². The van der Waals surface area contributed by atoms with Crippen molar-refractivity contribution in [2.45, 2.75) is 44.6 Å². The maximum absolute atomic E-state index is 13.4. The van der Waals surface area contributed by atoms with Gasteiger partial charge in [0.2, 0.25) is 0 Å². The summed E-state index contributed by atoms with van der Waals surface area (Å²) in [5.74, 6) is 1.98. The van der Waals surface area contributed by atoms with E-state index in [-0.39, 0.29) is 6.04 Å². The molecule has 0 unspecified atom stereocenters. The maximum atomic E-state index is 13.4. The molecule has 2 atom stereocenters. The van der Waals surface area contributed by atoms with E-state index in [0.717, 1.165) is 35.8 Å². The number of nitrogens with zero attached hydrogens (tertiary/aromatic N) is 1. The standard InChI is InChI=1S/C22H29NO3S/c1-15(2)12-20-19-14-22(26-5)21(25-4)13-17(19)10-11-23(20)27(24)18-8-6-16(3)7-9-18/h6-9,13-15,20H,10-12H2,1-5H3/t20-,27+/m0/s1. The fourth-order valence-electron chi connectivity index (χ4n) is 3.68. The van der Waals surface area contributed by atoms with Crippen molar-refractivity contribution in [1.29, 1.82) is 0 Å². The van der Waals surface area contributed by atoms with Crippen LogP contribution in [0.1, 0.15) is 43.0 Å². The fourth-order valence-corrected chi connectivity index (χ4v) is 5.01. The minimum Gasteiger partial charge on any atom is -0.493 e. The van der Waals surface area contributed by atoms with Gasteiger partial charge in [0.15, 0.2) is 11.5 Å². The number of methoxy groups -OCH3 is 2. The highest BCUT2D eigenvalue weighted by Crippen LogP contribution is 2.41. The van der Waals surface area contributed by atoms with Gasteiger partial charge in [-0.15, -0.1) is 0 Å². The number of aryl methyl sites for hydroxylation is 1. The topological polar surface area (TPSA) is 38.8 Å². The molecular weight excluding hydrogens is 358 g/mol. The zero-order chi connectivity index (χ0) is 19.6. The molecule has 0 bridgehead atoms. The van der Waals surface area contributed by atoms with Gasteiger partial charge in [-0.2, -0.15) is 0 Å².